The number of ether oxygens (including phenoxy) is 2. The summed E-state index contributed by atoms with van der Waals surface area (Å²) in [6.45, 7) is 1.84. The Kier molecular flexibility index (Phi) is 6.77. The molecule has 1 rings (SSSR count). The van der Waals surface area contributed by atoms with E-state index in [1.54, 1.807) is 30.3 Å². The van der Waals surface area contributed by atoms with Crippen molar-refractivity contribution in [2.24, 2.45) is 5.11 Å². The molecule has 0 aliphatic heterocycles. The van der Waals surface area contributed by atoms with Crippen LogP contribution in [0, 0.1) is 0 Å². The molecule has 1 aromatic carbocycles. The van der Waals surface area contributed by atoms with Crippen molar-refractivity contribution in [2.75, 3.05) is 7.11 Å². The lowest BCUT2D eigenvalue weighted by molar-refractivity contribution is -0.156. The lowest BCUT2D eigenvalue weighted by Gasteiger charge is -2.22. The Morgan fingerprint density at radius 2 is 2.00 bits per heavy atom. The van der Waals surface area contributed by atoms with Crippen molar-refractivity contribution in [3.8, 4) is 0 Å². The van der Waals surface area contributed by atoms with Crippen LogP contribution >= 0.6 is 0 Å². The van der Waals surface area contributed by atoms with Gasteiger partial charge in [0.2, 0.25) is 0 Å². The highest BCUT2D eigenvalue weighted by Crippen LogP contribution is 2.25. The monoisotopic (exact) mass is 291 g/mol. The van der Waals surface area contributed by atoms with Gasteiger partial charge in [0.15, 0.2) is 6.04 Å². The smallest absolute Gasteiger partial charge is 0.318 e. The zero-order valence-corrected chi connectivity index (χ0v) is 11.9. The minimum absolute atomic E-state index is 0.216. The molecule has 0 aliphatic rings. The van der Waals surface area contributed by atoms with Crippen LogP contribution in [0.4, 0.5) is 0 Å². The van der Waals surface area contributed by atoms with Crippen molar-refractivity contribution in [1.82, 2.24) is 0 Å². The molecule has 1 aromatic rings. The molecule has 0 saturated carbocycles. The van der Waals surface area contributed by atoms with Gasteiger partial charge in [0, 0.05) is 11.3 Å². The van der Waals surface area contributed by atoms with Crippen molar-refractivity contribution in [3.63, 3.8) is 0 Å². The average molecular weight is 291 g/mol. The summed E-state index contributed by atoms with van der Waals surface area (Å²) in [4.78, 5) is 26.2. The van der Waals surface area contributed by atoms with Gasteiger partial charge in [-0.15, -0.1) is 0 Å². The average Bonchev–Trinajstić information content (AvgIpc) is 2.51. The van der Waals surface area contributed by atoms with Gasteiger partial charge in [-0.2, -0.15) is 0 Å². The van der Waals surface area contributed by atoms with Gasteiger partial charge in [-0.25, -0.2) is 0 Å². The van der Waals surface area contributed by atoms with E-state index in [-0.39, 0.29) is 6.42 Å². The van der Waals surface area contributed by atoms with E-state index < -0.39 is 24.1 Å². The Morgan fingerprint density at radius 3 is 2.52 bits per heavy atom. The van der Waals surface area contributed by atoms with Crippen LogP contribution < -0.4 is 0 Å². The van der Waals surface area contributed by atoms with E-state index in [0.717, 1.165) is 0 Å². The molecular formula is C14H17N3O4. The summed E-state index contributed by atoms with van der Waals surface area (Å²) in [7, 11) is 1.18. The van der Waals surface area contributed by atoms with Crippen molar-refractivity contribution in [2.45, 2.75) is 31.9 Å². The topological polar surface area (TPSA) is 101 Å². The van der Waals surface area contributed by atoms with Gasteiger partial charge in [0.25, 0.3) is 0 Å². The lowest BCUT2D eigenvalue weighted by Crippen LogP contribution is -2.30. The van der Waals surface area contributed by atoms with Gasteiger partial charge in [0.05, 0.1) is 7.11 Å². The second kappa shape index (κ2) is 8.60. The van der Waals surface area contributed by atoms with E-state index in [4.69, 9.17) is 10.3 Å². The zero-order chi connectivity index (χ0) is 15.7. The highest BCUT2D eigenvalue weighted by molar-refractivity contribution is 5.78. The second-order valence-electron chi connectivity index (χ2n) is 4.24. The van der Waals surface area contributed by atoms with E-state index >= 15 is 0 Å². The first-order valence-corrected chi connectivity index (χ1v) is 6.50. The SMILES string of the molecule is CCCC(=O)O[C@H](c1ccccc1)[C@@H](N=[N+]=[N-])C(=O)OC. The number of methoxy groups -OCH3 is 1. The van der Waals surface area contributed by atoms with Crippen LogP contribution in [0.15, 0.2) is 35.4 Å². The fourth-order valence-corrected chi connectivity index (χ4v) is 1.77. The standard InChI is InChI=1S/C14H17N3O4/c1-3-7-11(18)21-13(10-8-5-4-6-9-10)12(16-17-15)14(19)20-2/h4-6,8-9,12-13H,3,7H2,1-2H3/t12-,13-/m1/s1. The molecule has 7 heteroatoms. The van der Waals surface area contributed by atoms with Crippen LogP contribution in [0.5, 0.6) is 0 Å². The minimum atomic E-state index is -1.26. The molecule has 0 amide bonds. The van der Waals surface area contributed by atoms with Crippen molar-refractivity contribution in [3.05, 3.63) is 46.3 Å². The molecule has 0 unspecified atom stereocenters. The number of nitrogens with zero attached hydrogens (tertiary/aromatic N) is 3. The largest absolute Gasteiger partial charge is 0.469 e. The Bertz CT molecular complexity index is 526. The number of carbonyl (C=O) groups is 2. The summed E-state index contributed by atoms with van der Waals surface area (Å²) >= 11 is 0. The van der Waals surface area contributed by atoms with Gasteiger partial charge in [0.1, 0.15) is 6.10 Å². The normalized spacial score (nSPS) is 12.7. The maximum absolute atomic E-state index is 11.8. The first-order valence-electron chi connectivity index (χ1n) is 6.50. The predicted octanol–water partition coefficient (Wildman–Crippen LogP) is 2.92. The quantitative estimate of drug-likeness (QED) is 0.333. The molecule has 7 nitrogen and oxygen atoms in total. The molecule has 0 aliphatic carbocycles. The third-order valence-corrected chi connectivity index (χ3v) is 2.75. The molecule has 0 aromatic heterocycles. The van der Waals surface area contributed by atoms with Gasteiger partial charge in [-0.1, -0.05) is 42.4 Å². The fourth-order valence-electron chi connectivity index (χ4n) is 1.77. The number of azide groups is 1. The summed E-state index contributed by atoms with van der Waals surface area (Å²) in [5, 5.41) is 3.41. The van der Waals surface area contributed by atoms with Gasteiger partial charge in [-0.3, -0.25) is 9.59 Å². The highest BCUT2D eigenvalue weighted by Gasteiger charge is 2.32. The maximum atomic E-state index is 11.8. The number of carbonyl (C=O) groups excluding carboxylic acids is 2. The molecule has 0 heterocycles. The van der Waals surface area contributed by atoms with Crippen LogP contribution in [0.2, 0.25) is 0 Å². The summed E-state index contributed by atoms with van der Waals surface area (Å²) in [6, 6.07) is 7.37. The summed E-state index contributed by atoms with van der Waals surface area (Å²) in [5.74, 6) is -1.22. The van der Waals surface area contributed by atoms with E-state index in [2.05, 4.69) is 14.8 Å². The van der Waals surface area contributed by atoms with Crippen molar-refractivity contribution >= 4 is 11.9 Å². The molecule has 0 N–H and O–H groups in total. The first kappa shape index (κ1) is 16.5. The Balaban J connectivity index is 3.12. The van der Waals surface area contributed by atoms with Crippen LogP contribution in [0.25, 0.3) is 10.4 Å². The zero-order valence-electron chi connectivity index (χ0n) is 11.9. The number of esters is 2. The molecule has 21 heavy (non-hydrogen) atoms. The number of benzene rings is 1. The van der Waals surface area contributed by atoms with Crippen LogP contribution in [-0.2, 0) is 19.1 Å². The third-order valence-electron chi connectivity index (χ3n) is 2.75. The minimum Gasteiger partial charge on any atom is -0.469 e. The predicted molar refractivity (Wildman–Crippen MR) is 75.1 cm³/mol. The molecule has 0 saturated heterocycles. The maximum Gasteiger partial charge on any atom is 0.318 e. The highest BCUT2D eigenvalue weighted by atomic mass is 16.6. The molecule has 0 radical (unpaired) electrons. The molecule has 0 fully saturated rings. The summed E-state index contributed by atoms with van der Waals surface area (Å²) < 4.78 is 9.92. The van der Waals surface area contributed by atoms with Gasteiger partial charge < -0.3 is 9.47 Å². The van der Waals surface area contributed by atoms with Crippen molar-refractivity contribution < 1.29 is 19.1 Å². The van der Waals surface area contributed by atoms with Gasteiger partial charge >= 0.3 is 11.9 Å². The number of hydrogen-bond acceptors (Lipinski definition) is 5. The Hall–Kier alpha value is -2.53. The van der Waals surface area contributed by atoms with Crippen LogP contribution in [0.3, 0.4) is 0 Å². The van der Waals surface area contributed by atoms with E-state index in [1.165, 1.54) is 7.11 Å². The summed E-state index contributed by atoms with van der Waals surface area (Å²) in [6.07, 6.45) is -0.174. The second-order valence-corrected chi connectivity index (χ2v) is 4.24. The number of rotatable bonds is 7. The third kappa shape index (κ3) is 4.81. The lowest BCUT2D eigenvalue weighted by atomic mass is 10.0. The first-order chi connectivity index (χ1) is 10.1. The summed E-state index contributed by atoms with van der Waals surface area (Å²) in [5.41, 5.74) is 9.18. The van der Waals surface area contributed by atoms with E-state index in [0.29, 0.717) is 12.0 Å². The molecule has 0 spiro atoms. The Labute approximate surface area is 122 Å². The molecule has 112 valence electrons. The fraction of sp³-hybridized carbons (Fsp3) is 0.429. The number of hydrogen-bond donors (Lipinski definition) is 0. The van der Waals surface area contributed by atoms with Crippen molar-refractivity contribution in [1.29, 1.82) is 0 Å². The van der Waals surface area contributed by atoms with E-state index in [9.17, 15) is 9.59 Å². The molecular weight excluding hydrogens is 274 g/mol. The Morgan fingerprint density at radius 1 is 1.33 bits per heavy atom. The van der Waals surface area contributed by atoms with E-state index in [1.807, 2.05) is 6.92 Å². The van der Waals surface area contributed by atoms with Crippen LogP contribution in [-0.4, -0.2) is 25.1 Å². The molecule has 2 atom stereocenters. The van der Waals surface area contributed by atoms with Crippen LogP contribution in [0.1, 0.15) is 31.4 Å². The molecule has 0 bridgehead atoms. The van der Waals surface area contributed by atoms with Gasteiger partial charge in [-0.05, 0) is 17.5 Å².